The predicted octanol–water partition coefficient (Wildman–Crippen LogP) is -0.335. The highest BCUT2D eigenvalue weighted by atomic mass is 16.4. The van der Waals surface area contributed by atoms with Gasteiger partial charge >= 0.3 is 5.97 Å². The summed E-state index contributed by atoms with van der Waals surface area (Å²) in [6.07, 6.45) is 1.36. The number of rotatable bonds is 9. The molecule has 124 valence electrons. The third-order valence-electron chi connectivity index (χ3n) is 2.98. The number of carbonyl (C=O) groups excluding carboxylic acids is 2. The van der Waals surface area contributed by atoms with Crippen molar-refractivity contribution in [3.63, 3.8) is 0 Å². The van der Waals surface area contributed by atoms with E-state index in [1.54, 1.807) is 18.2 Å². The van der Waals surface area contributed by atoms with Crippen LogP contribution in [0.2, 0.25) is 0 Å². The number of carbonyl (C=O) groups is 3. The van der Waals surface area contributed by atoms with E-state index in [2.05, 4.69) is 10.3 Å². The van der Waals surface area contributed by atoms with Gasteiger partial charge in [0.25, 0.3) is 5.91 Å². The Labute approximate surface area is 133 Å². The molecule has 0 bridgehead atoms. The van der Waals surface area contributed by atoms with Crippen LogP contribution in [-0.4, -0.2) is 41.8 Å². The molecule has 0 heterocycles. The third-order valence-corrected chi connectivity index (χ3v) is 2.98. The van der Waals surface area contributed by atoms with E-state index in [4.69, 9.17) is 16.6 Å². The maximum absolute atomic E-state index is 12.0. The summed E-state index contributed by atoms with van der Waals surface area (Å²) in [7, 11) is 0. The number of aliphatic carboxylic acids is 1. The normalized spacial score (nSPS) is 11.3. The minimum absolute atomic E-state index is 0.0384. The number of carboxylic acids is 1. The van der Waals surface area contributed by atoms with Gasteiger partial charge in [-0.2, -0.15) is 0 Å². The molecule has 0 spiro atoms. The van der Waals surface area contributed by atoms with Gasteiger partial charge in [0.1, 0.15) is 6.29 Å². The van der Waals surface area contributed by atoms with Crippen LogP contribution >= 0.6 is 0 Å². The van der Waals surface area contributed by atoms with Crippen molar-refractivity contribution in [3.8, 4) is 0 Å². The predicted molar refractivity (Wildman–Crippen MR) is 85.0 cm³/mol. The van der Waals surface area contributed by atoms with Gasteiger partial charge in [0.05, 0.1) is 12.5 Å². The molecule has 0 fully saturated rings. The van der Waals surface area contributed by atoms with Gasteiger partial charge < -0.3 is 26.7 Å². The first-order valence-electron chi connectivity index (χ1n) is 7.04. The molecule has 0 radical (unpaired) electrons. The van der Waals surface area contributed by atoms with E-state index >= 15 is 0 Å². The van der Waals surface area contributed by atoms with Crippen LogP contribution in [0.15, 0.2) is 29.3 Å². The van der Waals surface area contributed by atoms with E-state index in [-0.39, 0.29) is 5.96 Å². The summed E-state index contributed by atoms with van der Waals surface area (Å²) in [5.41, 5.74) is 11.8. The maximum atomic E-state index is 12.0. The SMILES string of the molecule is NC(N)=NCCCc1cccc(C(=O)N[C@H](C=O)CC(=O)O)c1. The third kappa shape index (κ3) is 7.07. The minimum Gasteiger partial charge on any atom is -0.481 e. The lowest BCUT2D eigenvalue weighted by atomic mass is 10.1. The first kappa shape index (κ1) is 18.1. The Bertz CT molecular complexity index is 597. The molecule has 0 aliphatic carbocycles. The second-order valence-electron chi connectivity index (χ2n) is 4.92. The molecule has 8 heteroatoms. The molecule has 0 saturated heterocycles. The monoisotopic (exact) mass is 320 g/mol. The number of nitrogens with two attached hydrogens (primary N) is 2. The van der Waals surface area contributed by atoms with E-state index in [9.17, 15) is 14.4 Å². The van der Waals surface area contributed by atoms with Gasteiger partial charge in [0.2, 0.25) is 0 Å². The molecule has 23 heavy (non-hydrogen) atoms. The summed E-state index contributed by atoms with van der Waals surface area (Å²) in [6.45, 7) is 0.491. The van der Waals surface area contributed by atoms with Gasteiger partial charge in [0.15, 0.2) is 5.96 Å². The Balaban J connectivity index is 2.64. The van der Waals surface area contributed by atoms with Crippen molar-refractivity contribution in [1.29, 1.82) is 0 Å². The van der Waals surface area contributed by atoms with E-state index in [0.717, 1.165) is 12.0 Å². The van der Waals surface area contributed by atoms with Gasteiger partial charge in [0, 0.05) is 12.1 Å². The van der Waals surface area contributed by atoms with Crippen molar-refractivity contribution in [2.24, 2.45) is 16.5 Å². The lowest BCUT2D eigenvalue weighted by Crippen LogP contribution is -2.37. The largest absolute Gasteiger partial charge is 0.481 e. The second-order valence-corrected chi connectivity index (χ2v) is 4.92. The lowest BCUT2D eigenvalue weighted by Gasteiger charge is -2.11. The maximum Gasteiger partial charge on any atom is 0.305 e. The summed E-state index contributed by atoms with van der Waals surface area (Å²) in [6, 6.07) is 5.81. The number of carboxylic acid groups (broad SMARTS) is 1. The van der Waals surface area contributed by atoms with Crippen molar-refractivity contribution >= 4 is 24.1 Å². The van der Waals surface area contributed by atoms with E-state index in [0.29, 0.717) is 24.8 Å². The number of guanidine groups is 1. The molecule has 1 atom stereocenters. The number of aliphatic imine (C=N–C) groups is 1. The molecule has 1 amide bonds. The van der Waals surface area contributed by atoms with Crippen LogP contribution in [0.1, 0.15) is 28.8 Å². The molecule has 0 saturated carbocycles. The van der Waals surface area contributed by atoms with Crippen molar-refractivity contribution < 1.29 is 19.5 Å². The zero-order chi connectivity index (χ0) is 17.2. The molecular formula is C15H20N4O4. The molecule has 1 aromatic carbocycles. The second kappa shape index (κ2) is 9.19. The Morgan fingerprint density at radius 2 is 2.09 bits per heavy atom. The van der Waals surface area contributed by atoms with E-state index < -0.39 is 24.3 Å². The topological polar surface area (TPSA) is 148 Å². The van der Waals surface area contributed by atoms with Crippen LogP contribution in [0.5, 0.6) is 0 Å². The van der Waals surface area contributed by atoms with Crippen molar-refractivity contribution in [2.75, 3.05) is 6.54 Å². The van der Waals surface area contributed by atoms with Crippen molar-refractivity contribution in [2.45, 2.75) is 25.3 Å². The highest BCUT2D eigenvalue weighted by Gasteiger charge is 2.16. The molecule has 1 rings (SSSR count). The first-order chi connectivity index (χ1) is 10.9. The quantitative estimate of drug-likeness (QED) is 0.212. The van der Waals surface area contributed by atoms with Gasteiger partial charge in [-0.25, -0.2) is 0 Å². The molecular weight excluding hydrogens is 300 g/mol. The van der Waals surface area contributed by atoms with Gasteiger partial charge in [-0.15, -0.1) is 0 Å². The van der Waals surface area contributed by atoms with Crippen LogP contribution in [-0.2, 0) is 16.0 Å². The van der Waals surface area contributed by atoms with Gasteiger partial charge in [-0.3, -0.25) is 14.6 Å². The van der Waals surface area contributed by atoms with Gasteiger partial charge in [-0.05, 0) is 30.5 Å². The van der Waals surface area contributed by atoms with Crippen LogP contribution in [0, 0.1) is 0 Å². The zero-order valence-corrected chi connectivity index (χ0v) is 12.6. The van der Waals surface area contributed by atoms with Crippen LogP contribution in [0.4, 0.5) is 0 Å². The standard InChI is InChI=1S/C15H20N4O4/c16-15(17)18-6-2-4-10-3-1-5-11(7-10)14(23)19-12(9-20)8-13(21)22/h1,3,5,7,9,12H,2,4,6,8H2,(H,19,23)(H,21,22)(H4,16,17,18)/t12-/m0/s1. The Hall–Kier alpha value is -2.90. The average Bonchev–Trinajstić information content (AvgIpc) is 2.50. The summed E-state index contributed by atoms with van der Waals surface area (Å²) in [5.74, 6) is -1.61. The van der Waals surface area contributed by atoms with Crippen molar-refractivity contribution in [1.82, 2.24) is 5.32 Å². The van der Waals surface area contributed by atoms with Crippen LogP contribution in [0.25, 0.3) is 0 Å². The summed E-state index contributed by atoms with van der Waals surface area (Å²) >= 11 is 0. The fraction of sp³-hybridized carbons (Fsp3) is 0.333. The van der Waals surface area contributed by atoms with Crippen molar-refractivity contribution in [3.05, 3.63) is 35.4 Å². The molecule has 0 unspecified atom stereocenters. The summed E-state index contributed by atoms with van der Waals surface area (Å²) < 4.78 is 0. The smallest absolute Gasteiger partial charge is 0.305 e. The number of benzene rings is 1. The number of nitrogens with zero attached hydrogens (tertiary/aromatic N) is 1. The fourth-order valence-corrected chi connectivity index (χ4v) is 1.93. The first-order valence-corrected chi connectivity index (χ1v) is 7.04. The highest BCUT2D eigenvalue weighted by molar-refractivity contribution is 5.96. The van der Waals surface area contributed by atoms with Crippen LogP contribution in [0.3, 0.4) is 0 Å². The highest BCUT2D eigenvalue weighted by Crippen LogP contribution is 2.08. The Kier molecular flexibility index (Phi) is 7.25. The summed E-state index contributed by atoms with van der Waals surface area (Å²) in [5, 5.41) is 11.0. The van der Waals surface area contributed by atoms with Gasteiger partial charge in [-0.1, -0.05) is 12.1 Å². The molecule has 0 aliphatic rings. The average molecular weight is 320 g/mol. The molecule has 8 nitrogen and oxygen atoms in total. The number of aryl methyl sites for hydroxylation is 1. The molecule has 0 aromatic heterocycles. The Morgan fingerprint density at radius 1 is 1.35 bits per heavy atom. The molecule has 6 N–H and O–H groups in total. The fourth-order valence-electron chi connectivity index (χ4n) is 1.93. The Morgan fingerprint density at radius 3 is 2.70 bits per heavy atom. The zero-order valence-electron chi connectivity index (χ0n) is 12.6. The van der Waals surface area contributed by atoms with E-state index in [1.165, 1.54) is 0 Å². The number of amides is 1. The minimum atomic E-state index is -1.16. The molecule has 1 aromatic rings. The van der Waals surface area contributed by atoms with E-state index in [1.807, 2.05) is 6.07 Å². The van der Waals surface area contributed by atoms with Crippen LogP contribution < -0.4 is 16.8 Å². The molecule has 0 aliphatic heterocycles. The number of hydrogen-bond donors (Lipinski definition) is 4. The number of aldehydes is 1. The summed E-state index contributed by atoms with van der Waals surface area (Å²) in [4.78, 5) is 37.3. The number of hydrogen-bond acceptors (Lipinski definition) is 4. The lowest BCUT2D eigenvalue weighted by molar-refractivity contribution is -0.138. The number of nitrogens with one attached hydrogen (secondary N) is 1.